The lowest BCUT2D eigenvalue weighted by Gasteiger charge is -2.20. The number of rotatable bonds is 7. The maximum absolute atomic E-state index is 6.29. The van der Waals surface area contributed by atoms with E-state index in [-0.39, 0.29) is 11.7 Å². The molecule has 1 fully saturated rings. The second-order valence-corrected chi connectivity index (χ2v) is 6.66. The van der Waals surface area contributed by atoms with E-state index in [0.29, 0.717) is 11.6 Å². The molecule has 0 bridgehead atoms. The summed E-state index contributed by atoms with van der Waals surface area (Å²) in [5, 5.41) is 4.06. The van der Waals surface area contributed by atoms with Gasteiger partial charge in [0.25, 0.3) is 0 Å². The molecule has 3 nitrogen and oxygen atoms in total. The third kappa shape index (κ3) is 4.87. The molecule has 118 valence electrons. The number of benzene rings is 1. The molecule has 1 aliphatic heterocycles. The molecule has 2 rings (SSSR count). The van der Waals surface area contributed by atoms with Crippen molar-refractivity contribution in [2.24, 2.45) is 0 Å². The summed E-state index contributed by atoms with van der Waals surface area (Å²) in [4.78, 5) is 0. The first-order chi connectivity index (χ1) is 10.0. The number of ether oxygens (including phenoxy) is 2. The van der Waals surface area contributed by atoms with Gasteiger partial charge >= 0.3 is 0 Å². The van der Waals surface area contributed by atoms with Crippen LogP contribution in [0.1, 0.15) is 45.6 Å². The van der Waals surface area contributed by atoms with E-state index in [1.54, 1.807) is 0 Å². The Morgan fingerprint density at radius 1 is 1.43 bits per heavy atom. The molecule has 0 saturated carbocycles. The second kappa shape index (κ2) is 7.48. The van der Waals surface area contributed by atoms with Gasteiger partial charge in [-0.05, 0) is 45.7 Å². The Labute approximate surface area is 133 Å². The third-order valence-corrected chi connectivity index (χ3v) is 4.06. The minimum atomic E-state index is -0.0278. The molecule has 1 aromatic rings. The van der Waals surface area contributed by atoms with Crippen LogP contribution >= 0.6 is 11.6 Å². The maximum atomic E-state index is 6.29. The third-order valence-electron chi connectivity index (χ3n) is 3.76. The Morgan fingerprint density at radius 3 is 2.90 bits per heavy atom. The molecular formula is C17H26ClNO2. The minimum Gasteiger partial charge on any atom is -0.489 e. The first-order valence-electron chi connectivity index (χ1n) is 7.80. The summed E-state index contributed by atoms with van der Waals surface area (Å²) in [5.41, 5.74) is 1.08. The van der Waals surface area contributed by atoms with Gasteiger partial charge in [-0.2, -0.15) is 0 Å². The molecular weight excluding hydrogens is 286 g/mol. The summed E-state index contributed by atoms with van der Waals surface area (Å²) in [6.07, 6.45) is 3.39. The van der Waals surface area contributed by atoms with Gasteiger partial charge in [0.05, 0.1) is 16.7 Å². The Morgan fingerprint density at radius 2 is 2.24 bits per heavy atom. The van der Waals surface area contributed by atoms with Gasteiger partial charge in [-0.25, -0.2) is 0 Å². The van der Waals surface area contributed by atoms with Gasteiger partial charge in [-0.1, -0.05) is 30.7 Å². The zero-order chi connectivity index (χ0) is 15.3. The van der Waals surface area contributed by atoms with E-state index in [0.717, 1.165) is 43.7 Å². The van der Waals surface area contributed by atoms with Crippen LogP contribution in [0.4, 0.5) is 0 Å². The topological polar surface area (TPSA) is 30.5 Å². The van der Waals surface area contributed by atoms with Gasteiger partial charge in [0.15, 0.2) is 0 Å². The van der Waals surface area contributed by atoms with Gasteiger partial charge in [0.2, 0.25) is 0 Å². The fourth-order valence-corrected chi connectivity index (χ4v) is 2.87. The smallest absolute Gasteiger partial charge is 0.142 e. The summed E-state index contributed by atoms with van der Waals surface area (Å²) >= 11 is 6.29. The molecule has 21 heavy (non-hydrogen) atoms. The van der Waals surface area contributed by atoms with Crippen LogP contribution in [-0.4, -0.2) is 24.9 Å². The highest BCUT2D eigenvalue weighted by molar-refractivity contribution is 6.32. The fraction of sp³-hybridized carbons (Fsp3) is 0.647. The molecule has 0 aliphatic carbocycles. The number of hydrogen-bond donors (Lipinski definition) is 1. The lowest BCUT2D eigenvalue weighted by molar-refractivity contribution is -0.0327. The SMILES string of the molecule is CCCNCc1cccc(Cl)c1OCC1CCC(C)(C)O1. The van der Waals surface area contributed by atoms with Crippen LogP contribution in [0.3, 0.4) is 0 Å². The molecule has 1 N–H and O–H groups in total. The van der Waals surface area contributed by atoms with Crippen molar-refractivity contribution in [1.29, 1.82) is 0 Å². The Bertz CT molecular complexity index is 462. The van der Waals surface area contributed by atoms with Crippen LogP contribution < -0.4 is 10.1 Å². The molecule has 0 amide bonds. The predicted octanol–water partition coefficient (Wildman–Crippen LogP) is 4.18. The molecule has 1 saturated heterocycles. The van der Waals surface area contributed by atoms with Crippen LogP contribution in [0.15, 0.2) is 18.2 Å². The van der Waals surface area contributed by atoms with Crippen LogP contribution in [0, 0.1) is 0 Å². The number of halogens is 1. The van der Waals surface area contributed by atoms with E-state index >= 15 is 0 Å². The van der Waals surface area contributed by atoms with Crippen molar-refractivity contribution in [2.45, 2.75) is 58.3 Å². The van der Waals surface area contributed by atoms with Crippen LogP contribution in [0.2, 0.25) is 5.02 Å². The highest BCUT2D eigenvalue weighted by atomic mass is 35.5. The first-order valence-corrected chi connectivity index (χ1v) is 8.18. The van der Waals surface area contributed by atoms with Crippen molar-refractivity contribution in [3.05, 3.63) is 28.8 Å². The summed E-state index contributed by atoms with van der Waals surface area (Å²) < 4.78 is 11.9. The van der Waals surface area contributed by atoms with Crippen LogP contribution in [0.5, 0.6) is 5.75 Å². The first kappa shape index (κ1) is 16.6. The quantitative estimate of drug-likeness (QED) is 0.766. The molecule has 0 aromatic heterocycles. The normalized spacial score (nSPS) is 20.7. The van der Waals surface area contributed by atoms with Crippen LogP contribution in [0.25, 0.3) is 0 Å². The second-order valence-electron chi connectivity index (χ2n) is 6.25. The average Bonchev–Trinajstić information content (AvgIpc) is 2.78. The van der Waals surface area contributed by atoms with Crippen molar-refractivity contribution in [1.82, 2.24) is 5.32 Å². The molecule has 1 heterocycles. The summed E-state index contributed by atoms with van der Waals surface area (Å²) in [7, 11) is 0. The van der Waals surface area contributed by atoms with Gasteiger partial charge in [-0.15, -0.1) is 0 Å². The van der Waals surface area contributed by atoms with E-state index < -0.39 is 0 Å². The number of para-hydroxylation sites is 1. The lowest BCUT2D eigenvalue weighted by atomic mass is 10.1. The van der Waals surface area contributed by atoms with E-state index in [2.05, 4.69) is 32.2 Å². The van der Waals surface area contributed by atoms with Crippen LogP contribution in [-0.2, 0) is 11.3 Å². The summed E-state index contributed by atoms with van der Waals surface area (Å²) in [6.45, 7) is 8.74. The Balaban J connectivity index is 1.95. The van der Waals surface area contributed by atoms with E-state index in [4.69, 9.17) is 21.1 Å². The van der Waals surface area contributed by atoms with Gasteiger partial charge < -0.3 is 14.8 Å². The monoisotopic (exact) mass is 311 g/mol. The zero-order valence-electron chi connectivity index (χ0n) is 13.2. The highest BCUT2D eigenvalue weighted by Crippen LogP contribution is 2.32. The average molecular weight is 312 g/mol. The Hall–Kier alpha value is -0.770. The molecule has 4 heteroatoms. The van der Waals surface area contributed by atoms with E-state index in [1.165, 1.54) is 0 Å². The fourth-order valence-electron chi connectivity index (χ4n) is 2.63. The molecule has 1 aromatic carbocycles. The largest absolute Gasteiger partial charge is 0.489 e. The van der Waals surface area contributed by atoms with Gasteiger partial charge in [0.1, 0.15) is 12.4 Å². The number of nitrogens with one attached hydrogen (secondary N) is 1. The highest BCUT2D eigenvalue weighted by Gasteiger charge is 2.32. The van der Waals surface area contributed by atoms with Crippen molar-refractivity contribution < 1.29 is 9.47 Å². The van der Waals surface area contributed by atoms with Crippen molar-refractivity contribution in [3.8, 4) is 5.75 Å². The molecule has 1 atom stereocenters. The Kier molecular flexibility index (Phi) is 5.91. The maximum Gasteiger partial charge on any atom is 0.142 e. The van der Waals surface area contributed by atoms with Gasteiger partial charge in [-0.3, -0.25) is 0 Å². The van der Waals surface area contributed by atoms with Gasteiger partial charge in [0, 0.05) is 12.1 Å². The molecule has 1 aliphatic rings. The lowest BCUT2D eigenvalue weighted by Crippen LogP contribution is -2.24. The van der Waals surface area contributed by atoms with Crippen molar-refractivity contribution in [3.63, 3.8) is 0 Å². The summed E-state index contributed by atoms with van der Waals surface area (Å²) in [5.74, 6) is 0.788. The summed E-state index contributed by atoms with van der Waals surface area (Å²) in [6, 6.07) is 5.90. The van der Waals surface area contributed by atoms with Crippen molar-refractivity contribution >= 4 is 11.6 Å². The molecule has 0 spiro atoms. The standard InChI is InChI=1S/C17H26ClNO2/c1-4-10-19-11-13-6-5-7-15(18)16(13)20-12-14-8-9-17(2,3)21-14/h5-7,14,19H,4,8-12H2,1-3H3. The zero-order valence-corrected chi connectivity index (χ0v) is 14.0. The van der Waals surface area contributed by atoms with E-state index in [9.17, 15) is 0 Å². The van der Waals surface area contributed by atoms with Crippen molar-refractivity contribution in [2.75, 3.05) is 13.2 Å². The van der Waals surface area contributed by atoms with E-state index in [1.807, 2.05) is 12.1 Å². The molecule has 1 unspecified atom stereocenters. The predicted molar refractivity (Wildman–Crippen MR) is 87.1 cm³/mol. The number of hydrogen-bond acceptors (Lipinski definition) is 3. The minimum absolute atomic E-state index is 0.0278. The molecule has 0 radical (unpaired) electrons.